The SMILES string of the molecule is CCCCOCC(=O)NCC1(O)CCCC1. The van der Waals surface area contributed by atoms with Crippen LogP contribution in [0.2, 0.25) is 0 Å². The lowest BCUT2D eigenvalue weighted by Crippen LogP contribution is -2.42. The average molecular weight is 229 g/mol. The molecule has 1 amide bonds. The van der Waals surface area contributed by atoms with E-state index < -0.39 is 5.60 Å². The molecule has 0 radical (unpaired) electrons. The van der Waals surface area contributed by atoms with Crippen molar-refractivity contribution in [3.8, 4) is 0 Å². The van der Waals surface area contributed by atoms with Gasteiger partial charge in [-0.05, 0) is 19.3 Å². The first kappa shape index (κ1) is 13.5. The minimum atomic E-state index is -0.668. The summed E-state index contributed by atoms with van der Waals surface area (Å²) in [6.07, 6.45) is 5.76. The lowest BCUT2D eigenvalue weighted by molar-refractivity contribution is -0.126. The third-order valence-electron chi connectivity index (χ3n) is 3.02. The summed E-state index contributed by atoms with van der Waals surface area (Å²) >= 11 is 0. The molecule has 0 aliphatic heterocycles. The topological polar surface area (TPSA) is 58.6 Å². The van der Waals surface area contributed by atoms with E-state index in [9.17, 15) is 9.90 Å². The van der Waals surface area contributed by atoms with Gasteiger partial charge in [0.05, 0.1) is 5.60 Å². The van der Waals surface area contributed by atoms with Crippen molar-refractivity contribution in [3.05, 3.63) is 0 Å². The molecule has 0 bridgehead atoms. The van der Waals surface area contributed by atoms with E-state index in [0.717, 1.165) is 38.5 Å². The fraction of sp³-hybridized carbons (Fsp3) is 0.917. The number of hydrogen-bond donors (Lipinski definition) is 2. The summed E-state index contributed by atoms with van der Waals surface area (Å²) in [6.45, 7) is 3.19. The van der Waals surface area contributed by atoms with Crippen LogP contribution >= 0.6 is 0 Å². The van der Waals surface area contributed by atoms with Gasteiger partial charge in [0, 0.05) is 13.2 Å². The van der Waals surface area contributed by atoms with Gasteiger partial charge in [0.1, 0.15) is 6.61 Å². The minimum absolute atomic E-state index is 0.107. The van der Waals surface area contributed by atoms with E-state index in [4.69, 9.17) is 4.74 Å². The van der Waals surface area contributed by atoms with Gasteiger partial charge < -0.3 is 15.2 Å². The number of carbonyl (C=O) groups is 1. The molecule has 0 atom stereocenters. The molecule has 4 nitrogen and oxygen atoms in total. The van der Waals surface area contributed by atoms with Crippen LogP contribution in [0.1, 0.15) is 45.4 Å². The van der Waals surface area contributed by atoms with Crippen LogP contribution in [-0.4, -0.2) is 36.4 Å². The first-order chi connectivity index (χ1) is 7.66. The van der Waals surface area contributed by atoms with Crippen LogP contribution in [0, 0.1) is 0 Å². The van der Waals surface area contributed by atoms with Gasteiger partial charge in [-0.25, -0.2) is 0 Å². The van der Waals surface area contributed by atoms with Crippen LogP contribution in [0.3, 0.4) is 0 Å². The lowest BCUT2D eigenvalue weighted by atomic mass is 10.0. The Morgan fingerprint density at radius 2 is 2.12 bits per heavy atom. The number of carbonyl (C=O) groups excluding carboxylic acids is 1. The summed E-state index contributed by atoms with van der Waals surface area (Å²) in [5.74, 6) is -0.128. The molecule has 94 valence electrons. The number of rotatable bonds is 7. The van der Waals surface area contributed by atoms with E-state index in [1.165, 1.54) is 0 Å². The predicted octanol–water partition coefficient (Wildman–Crippen LogP) is 1.22. The zero-order valence-corrected chi connectivity index (χ0v) is 10.1. The fourth-order valence-corrected chi connectivity index (χ4v) is 1.94. The quantitative estimate of drug-likeness (QED) is 0.645. The van der Waals surface area contributed by atoms with Gasteiger partial charge in [0.15, 0.2) is 0 Å². The molecule has 1 aliphatic carbocycles. The van der Waals surface area contributed by atoms with Gasteiger partial charge in [-0.2, -0.15) is 0 Å². The summed E-state index contributed by atoms with van der Waals surface area (Å²) in [5, 5.41) is 12.7. The van der Waals surface area contributed by atoms with Crippen molar-refractivity contribution >= 4 is 5.91 Å². The largest absolute Gasteiger partial charge is 0.388 e. The maximum Gasteiger partial charge on any atom is 0.246 e. The van der Waals surface area contributed by atoms with E-state index in [1.54, 1.807) is 0 Å². The molecule has 0 aromatic carbocycles. The Balaban J connectivity index is 2.05. The second kappa shape index (κ2) is 6.86. The molecule has 0 heterocycles. The molecule has 0 spiro atoms. The first-order valence-electron chi connectivity index (χ1n) is 6.23. The van der Waals surface area contributed by atoms with Crippen LogP contribution in [0.15, 0.2) is 0 Å². The Hall–Kier alpha value is -0.610. The fourth-order valence-electron chi connectivity index (χ4n) is 1.94. The van der Waals surface area contributed by atoms with Gasteiger partial charge in [0.25, 0.3) is 0 Å². The molecule has 0 unspecified atom stereocenters. The molecule has 16 heavy (non-hydrogen) atoms. The van der Waals surface area contributed by atoms with E-state index in [1.807, 2.05) is 0 Å². The maximum atomic E-state index is 11.4. The molecule has 2 N–H and O–H groups in total. The second-order valence-electron chi connectivity index (χ2n) is 4.61. The van der Waals surface area contributed by atoms with Crippen molar-refractivity contribution in [1.82, 2.24) is 5.32 Å². The Morgan fingerprint density at radius 1 is 1.44 bits per heavy atom. The first-order valence-corrected chi connectivity index (χ1v) is 6.23. The standard InChI is InChI=1S/C12H23NO3/c1-2-3-8-16-9-11(14)13-10-12(15)6-4-5-7-12/h15H,2-10H2,1H3,(H,13,14). The average Bonchev–Trinajstić information content (AvgIpc) is 2.70. The van der Waals surface area contributed by atoms with Crippen molar-refractivity contribution in [2.75, 3.05) is 19.8 Å². The highest BCUT2D eigenvalue weighted by atomic mass is 16.5. The molecule has 1 saturated carbocycles. The van der Waals surface area contributed by atoms with E-state index >= 15 is 0 Å². The number of amides is 1. The number of hydrogen-bond acceptors (Lipinski definition) is 3. The predicted molar refractivity (Wildman–Crippen MR) is 62.2 cm³/mol. The van der Waals surface area contributed by atoms with E-state index in [2.05, 4.69) is 12.2 Å². The highest BCUT2D eigenvalue weighted by Crippen LogP contribution is 2.28. The molecule has 0 aromatic rings. The molecular weight excluding hydrogens is 206 g/mol. The van der Waals surface area contributed by atoms with Crippen LogP contribution in [0.25, 0.3) is 0 Å². The highest BCUT2D eigenvalue weighted by molar-refractivity contribution is 5.77. The molecule has 4 heteroatoms. The van der Waals surface area contributed by atoms with Gasteiger partial charge in [-0.15, -0.1) is 0 Å². The molecule has 0 aromatic heterocycles. The zero-order valence-electron chi connectivity index (χ0n) is 10.1. The van der Waals surface area contributed by atoms with Crippen LogP contribution in [0.5, 0.6) is 0 Å². The molecule has 1 aliphatic rings. The molecule has 1 fully saturated rings. The Morgan fingerprint density at radius 3 is 2.75 bits per heavy atom. The summed E-state index contributed by atoms with van der Waals surface area (Å²) < 4.78 is 5.19. The Labute approximate surface area is 97.4 Å². The summed E-state index contributed by atoms with van der Waals surface area (Å²) in [4.78, 5) is 11.4. The zero-order chi connectivity index (χ0) is 11.9. The van der Waals surface area contributed by atoms with Gasteiger partial charge in [0.2, 0.25) is 5.91 Å². The third-order valence-corrected chi connectivity index (χ3v) is 3.02. The van der Waals surface area contributed by atoms with Gasteiger partial charge in [-0.1, -0.05) is 26.2 Å². The van der Waals surface area contributed by atoms with E-state index in [0.29, 0.717) is 13.2 Å². The number of nitrogens with one attached hydrogen (secondary N) is 1. The van der Waals surface area contributed by atoms with Crippen molar-refractivity contribution in [2.45, 2.75) is 51.0 Å². The smallest absolute Gasteiger partial charge is 0.246 e. The molecule has 1 rings (SSSR count). The van der Waals surface area contributed by atoms with Crippen LogP contribution in [-0.2, 0) is 9.53 Å². The summed E-state index contributed by atoms with van der Waals surface area (Å²) in [6, 6.07) is 0. The maximum absolute atomic E-state index is 11.4. The Bertz CT molecular complexity index is 212. The number of unbranched alkanes of at least 4 members (excludes halogenated alkanes) is 1. The number of ether oxygens (including phenoxy) is 1. The summed E-state index contributed by atoms with van der Waals surface area (Å²) in [7, 11) is 0. The monoisotopic (exact) mass is 229 g/mol. The van der Waals surface area contributed by atoms with Gasteiger partial charge >= 0.3 is 0 Å². The highest BCUT2D eigenvalue weighted by Gasteiger charge is 2.31. The number of aliphatic hydroxyl groups is 1. The van der Waals surface area contributed by atoms with Gasteiger partial charge in [-0.3, -0.25) is 4.79 Å². The molecular formula is C12H23NO3. The second-order valence-corrected chi connectivity index (χ2v) is 4.61. The van der Waals surface area contributed by atoms with Crippen molar-refractivity contribution in [1.29, 1.82) is 0 Å². The molecule has 0 saturated heterocycles. The van der Waals surface area contributed by atoms with Crippen LogP contribution < -0.4 is 5.32 Å². The Kier molecular flexibility index (Phi) is 5.77. The van der Waals surface area contributed by atoms with Crippen molar-refractivity contribution < 1.29 is 14.6 Å². The summed E-state index contributed by atoms with van der Waals surface area (Å²) in [5.41, 5.74) is -0.668. The lowest BCUT2D eigenvalue weighted by Gasteiger charge is -2.22. The van der Waals surface area contributed by atoms with Crippen LogP contribution in [0.4, 0.5) is 0 Å². The third kappa shape index (κ3) is 4.94. The normalized spacial score (nSPS) is 18.6. The van der Waals surface area contributed by atoms with Crippen molar-refractivity contribution in [3.63, 3.8) is 0 Å². The minimum Gasteiger partial charge on any atom is -0.388 e. The van der Waals surface area contributed by atoms with Crippen molar-refractivity contribution in [2.24, 2.45) is 0 Å². The van der Waals surface area contributed by atoms with E-state index in [-0.39, 0.29) is 12.5 Å².